The van der Waals surface area contributed by atoms with Crippen molar-refractivity contribution in [3.05, 3.63) is 158 Å². The van der Waals surface area contributed by atoms with Gasteiger partial charge in [0.1, 0.15) is 11.2 Å². The number of nitrogens with zero attached hydrogens (tertiary/aromatic N) is 3. The number of fused-ring (bicyclic) bond motifs is 4. The molecule has 2 aromatic heterocycles. The van der Waals surface area contributed by atoms with Crippen LogP contribution in [0.2, 0.25) is 0 Å². The van der Waals surface area contributed by atoms with Gasteiger partial charge in [0, 0.05) is 21.9 Å². The Morgan fingerprint density at radius 1 is 0.396 bits per heavy atom. The van der Waals surface area contributed by atoms with Crippen molar-refractivity contribution in [1.29, 1.82) is 0 Å². The predicted octanol–water partition coefficient (Wildman–Crippen LogP) is 9.79. The minimum absolute atomic E-state index is 0.608. The summed E-state index contributed by atoms with van der Waals surface area (Å²) < 4.78 is 7.41. The standard InChI is InChI=1S/C43H27N3OSe/c48-39-22-7-5-16-34(39)30-14-8-13-28(25-30)32-18-9-15-29-26-31(23-24-33(29)32)42-44-41(27-11-2-1-3-12-27)45-43(46-42)36-19-10-21-38-40(36)35-17-4-6-20-37(35)47-38/h1-26,48H. The zero-order valence-corrected chi connectivity index (χ0v) is 27.6. The molecule has 0 fully saturated rings. The fourth-order valence-corrected chi connectivity index (χ4v) is 7.16. The number of hydrogen-bond acceptors (Lipinski definition) is 4. The van der Waals surface area contributed by atoms with E-state index in [0.717, 1.165) is 44.0 Å². The van der Waals surface area contributed by atoms with E-state index in [1.165, 1.54) is 32.1 Å². The maximum absolute atomic E-state index is 6.21. The van der Waals surface area contributed by atoms with E-state index in [1.807, 2.05) is 60.7 Å². The molecule has 0 bridgehead atoms. The number of hydrogen-bond donors (Lipinski definition) is 0. The molecule has 0 atom stereocenters. The summed E-state index contributed by atoms with van der Waals surface area (Å²) in [6, 6.07) is 54.5. The molecule has 226 valence electrons. The molecular weight excluding hydrogens is 653 g/mol. The summed E-state index contributed by atoms with van der Waals surface area (Å²) in [5.41, 5.74) is 9.20. The number of para-hydroxylation sites is 1. The molecule has 0 radical (unpaired) electrons. The van der Waals surface area contributed by atoms with Crippen molar-refractivity contribution < 1.29 is 4.42 Å². The molecule has 0 spiro atoms. The van der Waals surface area contributed by atoms with Crippen LogP contribution >= 0.6 is 0 Å². The molecule has 0 N–H and O–H groups in total. The van der Waals surface area contributed by atoms with Crippen LogP contribution in [-0.2, 0) is 0 Å². The third kappa shape index (κ3) is 4.98. The summed E-state index contributed by atoms with van der Waals surface area (Å²) in [5.74, 6) is 1.85. The molecule has 0 aliphatic carbocycles. The van der Waals surface area contributed by atoms with Gasteiger partial charge in [-0.3, -0.25) is 0 Å². The molecule has 4 nitrogen and oxygen atoms in total. The zero-order chi connectivity index (χ0) is 32.0. The molecule has 0 unspecified atom stereocenters. The van der Waals surface area contributed by atoms with E-state index >= 15 is 0 Å². The fraction of sp³-hybridized carbons (Fsp3) is 0. The van der Waals surface area contributed by atoms with E-state index < -0.39 is 0 Å². The Hall–Kier alpha value is -5.87. The summed E-state index contributed by atoms with van der Waals surface area (Å²) >= 11 is 2.68. The maximum atomic E-state index is 6.21. The molecular formula is C43H27N3OSe. The van der Waals surface area contributed by atoms with E-state index in [4.69, 9.17) is 19.4 Å². The number of aromatic nitrogens is 3. The van der Waals surface area contributed by atoms with Gasteiger partial charge in [0.25, 0.3) is 0 Å². The first-order valence-electron chi connectivity index (χ1n) is 15.8. The third-order valence-corrected chi connectivity index (χ3v) is 9.66. The van der Waals surface area contributed by atoms with Gasteiger partial charge in [-0.05, 0) is 12.1 Å². The summed E-state index contributed by atoms with van der Waals surface area (Å²) in [6.07, 6.45) is 0. The third-order valence-electron chi connectivity index (χ3n) is 8.84. The summed E-state index contributed by atoms with van der Waals surface area (Å²) in [6.45, 7) is 0. The van der Waals surface area contributed by atoms with Crippen LogP contribution < -0.4 is 4.46 Å². The van der Waals surface area contributed by atoms with Crippen molar-refractivity contribution in [3.63, 3.8) is 0 Å². The Balaban J connectivity index is 1.20. The average Bonchev–Trinajstić information content (AvgIpc) is 3.54. The van der Waals surface area contributed by atoms with Crippen LogP contribution in [0, 0.1) is 0 Å². The SMILES string of the molecule is [SeH]c1ccccc1-c1cccc(-c2cccc3cc(-c4nc(-c5ccccc5)nc(-c5cccc6oc7ccccc7c56)n4)ccc23)c1. The molecule has 48 heavy (non-hydrogen) atoms. The van der Waals surface area contributed by atoms with E-state index in [2.05, 4.69) is 113 Å². The minimum atomic E-state index is 0.608. The van der Waals surface area contributed by atoms with Crippen LogP contribution in [0.4, 0.5) is 0 Å². The van der Waals surface area contributed by atoms with Crippen molar-refractivity contribution >= 4 is 53.2 Å². The average molecular weight is 681 g/mol. The second-order valence-corrected chi connectivity index (χ2v) is 12.8. The van der Waals surface area contributed by atoms with E-state index in [1.54, 1.807) is 0 Å². The van der Waals surface area contributed by atoms with E-state index in [9.17, 15) is 0 Å². The molecule has 0 amide bonds. The van der Waals surface area contributed by atoms with Gasteiger partial charge in [-0.25, -0.2) is 4.98 Å². The second-order valence-electron chi connectivity index (χ2n) is 11.8. The van der Waals surface area contributed by atoms with Gasteiger partial charge in [0.05, 0.1) is 0 Å². The topological polar surface area (TPSA) is 51.8 Å². The normalized spacial score (nSPS) is 11.4. The molecule has 0 aliphatic rings. The molecule has 7 aromatic carbocycles. The Kier molecular flexibility index (Phi) is 6.93. The molecule has 9 rings (SSSR count). The van der Waals surface area contributed by atoms with Crippen molar-refractivity contribution in [1.82, 2.24) is 15.0 Å². The van der Waals surface area contributed by atoms with E-state index in [-0.39, 0.29) is 0 Å². The van der Waals surface area contributed by atoms with E-state index in [0.29, 0.717) is 17.5 Å². The Morgan fingerprint density at radius 2 is 1.02 bits per heavy atom. The van der Waals surface area contributed by atoms with Gasteiger partial charge in [0.2, 0.25) is 0 Å². The molecule has 0 aliphatic heterocycles. The summed E-state index contributed by atoms with van der Waals surface area (Å²) in [4.78, 5) is 15.2. The summed E-state index contributed by atoms with van der Waals surface area (Å²) in [5, 5.41) is 4.33. The quantitative estimate of drug-likeness (QED) is 0.170. The van der Waals surface area contributed by atoms with Gasteiger partial charge in [0.15, 0.2) is 11.6 Å². The van der Waals surface area contributed by atoms with Crippen molar-refractivity contribution in [3.8, 4) is 56.4 Å². The Morgan fingerprint density at radius 3 is 1.90 bits per heavy atom. The zero-order valence-electron chi connectivity index (χ0n) is 25.7. The van der Waals surface area contributed by atoms with Crippen LogP contribution in [0.3, 0.4) is 0 Å². The fourth-order valence-electron chi connectivity index (χ4n) is 6.55. The molecule has 2 heterocycles. The monoisotopic (exact) mass is 681 g/mol. The summed E-state index contributed by atoms with van der Waals surface area (Å²) in [7, 11) is 0. The van der Waals surface area contributed by atoms with Crippen LogP contribution in [0.1, 0.15) is 0 Å². The van der Waals surface area contributed by atoms with Gasteiger partial charge < -0.3 is 4.42 Å². The first kappa shape index (κ1) is 28.4. The van der Waals surface area contributed by atoms with Crippen LogP contribution in [-0.4, -0.2) is 31.0 Å². The number of benzene rings is 7. The van der Waals surface area contributed by atoms with Crippen LogP contribution in [0.25, 0.3) is 89.1 Å². The molecule has 0 saturated heterocycles. The van der Waals surface area contributed by atoms with Gasteiger partial charge >= 0.3 is 160 Å². The van der Waals surface area contributed by atoms with Crippen LogP contribution in [0.5, 0.6) is 0 Å². The Labute approximate surface area is 285 Å². The Bertz CT molecular complexity index is 2650. The first-order chi connectivity index (χ1) is 23.7. The van der Waals surface area contributed by atoms with Crippen molar-refractivity contribution in [2.45, 2.75) is 0 Å². The van der Waals surface area contributed by atoms with Gasteiger partial charge in [-0.2, -0.15) is 0 Å². The number of furan rings is 1. The van der Waals surface area contributed by atoms with Gasteiger partial charge in [-0.1, -0.05) is 60.7 Å². The number of rotatable bonds is 5. The van der Waals surface area contributed by atoms with Gasteiger partial charge in [-0.15, -0.1) is 0 Å². The van der Waals surface area contributed by atoms with Crippen molar-refractivity contribution in [2.75, 3.05) is 0 Å². The second kappa shape index (κ2) is 11.7. The first-order valence-corrected chi connectivity index (χ1v) is 16.8. The predicted molar refractivity (Wildman–Crippen MR) is 199 cm³/mol. The van der Waals surface area contributed by atoms with Crippen molar-refractivity contribution in [2.24, 2.45) is 0 Å². The molecule has 9 aromatic rings. The van der Waals surface area contributed by atoms with Crippen LogP contribution in [0.15, 0.2) is 162 Å². The molecule has 5 heteroatoms. The molecule has 0 saturated carbocycles.